The number of para-hydroxylation sites is 1. The molecular formula is C15H22N2O3. The van der Waals surface area contributed by atoms with Crippen molar-refractivity contribution in [1.29, 1.82) is 0 Å². The molecule has 2 atom stereocenters. The van der Waals surface area contributed by atoms with Gasteiger partial charge in [-0.25, -0.2) is 4.79 Å². The lowest BCUT2D eigenvalue weighted by molar-refractivity contribution is 0.0527. The van der Waals surface area contributed by atoms with Gasteiger partial charge in [0.15, 0.2) is 0 Å². The van der Waals surface area contributed by atoms with Crippen molar-refractivity contribution in [3.63, 3.8) is 0 Å². The van der Waals surface area contributed by atoms with Crippen molar-refractivity contribution in [2.75, 3.05) is 30.3 Å². The third-order valence-corrected chi connectivity index (χ3v) is 3.84. The van der Waals surface area contributed by atoms with Gasteiger partial charge in [-0.15, -0.1) is 0 Å². The molecule has 0 saturated carbocycles. The standard InChI is InChI=1S/C15H22N2O3/c1-3-20-15(19)11-5-4-6-12(14(11)16)17-8-7-10(2)13(18)9-17/h4-6,10,13,18H,3,7-9,16H2,1-2H3. The number of benzene rings is 1. The second kappa shape index (κ2) is 6.13. The molecule has 0 aromatic heterocycles. The zero-order valence-electron chi connectivity index (χ0n) is 12.0. The Morgan fingerprint density at radius 3 is 2.95 bits per heavy atom. The van der Waals surface area contributed by atoms with Gasteiger partial charge in [0, 0.05) is 13.1 Å². The number of hydrogen-bond acceptors (Lipinski definition) is 5. The first-order valence-electron chi connectivity index (χ1n) is 7.03. The van der Waals surface area contributed by atoms with Crippen LogP contribution in [0.2, 0.25) is 0 Å². The molecule has 20 heavy (non-hydrogen) atoms. The van der Waals surface area contributed by atoms with E-state index < -0.39 is 5.97 Å². The second-order valence-electron chi connectivity index (χ2n) is 5.24. The lowest BCUT2D eigenvalue weighted by atomic mass is 9.95. The number of anilines is 2. The predicted octanol–water partition coefficient (Wildman–Crippen LogP) is 1.65. The van der Waals surface area contributed by atoms with Crippen molar-refractivity contribution in [3.8, 4) is 0 Å². The van der Waals surface area contributed by atoms with Crippen LogP contribution in [0.15, 0.2) is 18.2 Å². The summed E-state index contributed by atoms with van der Waals surface area (Å²) in [6.07, 6.45) is 0.541. The molecule has 5 nitrogen and oxygen atoms in total. The minimum absolute atomic E-state index is 0.292. The predicted molar refractivity (Wildman–Crippen MR) is 78.8 cm³/mol. The number of rotatable bonds is 3. The Morgan fingerprint density at radius 2 is 2.30 bits per heavy atom. The maximum absolute atomic E-state index is 11.8. The molecule has 0 spiro atoms. The van der Waals surface area contributed by atoms with Crippen LogP contribution in [-0.2, 0) is 4.74 Å². The van der Waals surface area contributed by atoms with E-state index in [1.807, 2.05) is 17.9 Å². The van der Waals surface area contributed by atoms with E-state index in [0.29, 0.717) is 30.3 Å². The fraction of sp³-hybridized carbons (Fsp3) is 0.533. The van der Waals surface area contributed by atoms with E-state index in [1.165, 1.54) is 0 Å². The summed E-state index contributed by atoms with van der Waals surface area (Å²) < 4.78 is 5.00. The van der Waals surface area contributed by atoms with E-state index in [4.69, 9.17) is 10.5 Å². The van der Waals surface area contributed by atoms with Crippen molar-refractivity contribution >= 4 is 17.3 Å². The van der Waals surface area contributed by atoms with Crippen LogP contribution in [0.4, 0.5) is 11.4 Å². The molecule has 5 heteroatoms. The molecule has 1 aromatic carbocycles. The van der Waals surface area contributed by atoms with Crippen molar-refractivity contribution in [3.05, 3.63) is 23.8 Å². The maximum Gasteiger partial charge on any atom is 0.340 e. The van der Waals surface area contributed by atoms with Gasteiger partial charge in [0.05, 0.1) is 29.6 Å². The van der Waals surface area contributed by atoms with Gasteiger partial charge < -0.3 is 20.5 Å². The molecular weight excluding hydrogens is 256 g/mol. The second-order valence-corrected chi connectivity index (χ2v) is 5.24. The number of piperidine rings is 1. The summed E-state index contributed by atoms with van der Waals surface area (Å²) >= 11 is 0. The zero-order chi connectivity index (χ0) is 14.7. The largest absolute Gasteiger partial charge is 0.462 e. The molecule has 1 aromatic rings. The number of nitrogens with two attached hydrogens (primary N) is 1. The Bertz CT molecular complexity index is 490. The minimum atomic E-state index is -0.405. The average molecular weight is 278 g/mol. The summed E-state index contributed by atoms with van der Waals surface area (Å²) in [7, 11) is 0. The molecule has 0 bridgehead atoms. The number of hydrogen-bond donors (Lipinski definition) is 2. The first-order chi connectivity index (χ1) is 9.54. The molecule has 0 amide bonds. The van der Waals surface area contributed by atoms with Crippen LogP contribution in [0.3, 0.4) is 0 Å². The van der Waals surface area contributed by atoms with E-state index in [9.17, 15) is 9.90 Å². The highest BCUT2D eigenvalue weighted by molar-refractivity contribution is 5.98. The van der Waals surface area contributed by atoms with Crippen LogP contribution in [-0.4, -0.2) is 36.9 Å². The highest BCUT2D eigenvalue weighted by Gasteiger charge is 2.26. The summed E-state index contributed by atoms with van der Waals surface area (Å²) in [6, 6.07) is 5.34. The first kappa shape index (κ1) is 14.7. The Kier molecular flexibility index (Phi) is 4.49. The Morgan fingerprint density at radius 1 is 1.55 bits per heavy atom. The number of carbonyl (C=O) groups is 1. The number of ether oxygens (including phenoxy) is 1. The molecule has 1 aliphatic heterocycles. The Hall–Kier alpha value is -1.75. The summed E-state index contributed by atoms with van der Waals surface area (Å²) in [6.45, 7) is 5.50. The maximum atomic E-state index is 11.8. The lowest BCUT2D eigenvalue weighted by Gasteiger charge is -2.36. The Balaban J connectivity index is 2.25. The van der Waals surface area contributed by atoms with Gasteiger partial charge in [-0.1, -0.05) is 13.0 Å². The highest BCUT2D eigenvalue weighted by atomic mass is 16.5. The quantitative estimate of drug-likeness (QED) is 0.649. The number of β-amino-alcohol motifs (C(OH)–C–C–N with tert-alkyl or cyclic N) is 1. The smallest absolute Gasteiger partial charge is 0.340 e. The molecule has 1 aliphatic rings. The third kappa shape index (κ3) is 2.88. The van der Waals surface area contributed by atoms with Gasteiger partial charge in [0.2, 0.25) is 0 Å². The summed E-state index contributed by atoms with van der Waals surface area (Å²) in [5, 5.41) is 9.99. The number of aliphatic hydroxyl groups excluding tert-OH is 1. The van der Waals surface area contributed by atoms with Gasteiger partial charge in [0.25, 0.3) is 0 Å². The van der Waals surface area contributed by atoms with E-state index in [0.717, 1.165) is 18.7 Å². The fourth-order valence-electron chi connectivity index (χ4n) is 2.48. The van der Waals surface area contributed by atoms with Crippen molar-refractivity contribution < 1.29 is 14.6 Å². The van der Waals surface area contributed by atoms with Gasteiger partial charge in [-0.2, -0.15) is 0 Å². The van der Waals surface area contributed by atoms with Crippen molar-refractivity contribution in [2.45, 2.75) is 26.4 Å². The monoisotopic (exact) mass is 278 g/mol. The van der Waals surface area contributed by atoms with Crippen molar-refractivity contribution in [2.24, 2.45) is 5.92 Å². The summed E-state index contributed by atoms with van der Waals surface area (Å²) in [4.78, 5) is 13.9. The molecule has 3 N–H and O–H groups in total. The topological polar surface area (TPSA) is 75.8 Å². The highest BCUT2D eigenvalue weighted by Crippen LogP contribution is 2.30. The fourth-order valence-corrected chi connectivity index (χ4v) is 2.48. The average Bonchev–Trinajstić information content (AvgIpc) is 2.42. The van der Waals surface area contributed by atoms with E-state index in [-0.39, 0.29) is 6.10 Å². The van der Waals surface area contributed by atoms with Crippen LogP contribution >= 0.6 is 0 Å². The number of aliphatic hydroxyl groups is 1. The molecule has 110 valence electrons. The van der Waals surface area contributed by atoms with Gasteiger partial charge in [0.1, 0.15) is 0 Å². The van der Waals surface area contributed by atoms with E-state index in [1.54, 1.807) is 19.1 Å². The minimum Gasteiger partial charge on any atom is -0.462 e. The lowest BCUT2D eigenvalue weighted by Crippen LogP contribution is -2.43. The normalized spacial score (nSPS) is 22.6. The van der Waals surface area contributed by atoms with Gasteiger partial charge in [-0.05, 0) is 31.4 Å². The van der Waals surface area contributed by atoms with E-state index in [2.05, 4.69) is 0 Å². The van der Waals surface area contributed by atoms with Crippen LogP contribution in [0.25, 0.3) is 0 Å². The molecule has 0 radical (unpaired) electrons. The molecule has 1 heterocycles. The first-order valence-corrected chi connectivity index (χ1v) is 7.03. The van der Waals surface area contributed by atoms with Crippen LogP contribution in [0, 0.1) is 5.92 Å². The molecule has 0 aliphatic carbocycles. The van der Waals surface area contributed by atoms with Gasteiger partial charge in [-0.3, -0.25) is 0 Å². The molecule has 2 rings (SSSR count). The number of esters is 1. The van der Waals surface area contributed by atoms with Gasteiger partial charge >= 0.3 is 5.97 Å². The van der Waals surface area contributed by atoms with Crippen LogP contribution in [0.1, 0.15) is 30.6 Å². The third-order valence-electron chi connectivity index (χ3n) is 3.84. The summed E-state index contributed by atoms with van der Waals surface area (Å²) in [5.74, 6) is -0.113. The molecule has 2 unspecified atom stereocenters. The zero-order valence-corrected chi connectivity index (χ0v) is 12.0. The SMILES string of the molecule is CCOC(=O)c1cccc(N2CCC(C)C(O)C2)c1N. The van der Waals surface area contributed by atoms with Crippen molar-refractivity contribution in [1.82, 2.24) is 0 Å². The van der Waals surface area contributed by atoms with E-state index >= 15 is 0 Å². The number of nitrogen functional groups attached to an aromatic ring is 1. The molecule has 1 saturated heterocycles. The summed E-state index contributed by atoms with van der Waals surface area (Å²) in [5.41, 5.74) is 7.70. The van der Waals surface area contributed by atoms with Crippen LogP contribution in [0.5, 0.6) is 0 Å². The number of carbonyl (C=O) groups excluding carboxylic acids is 1. The molecule has 1 fully saturated rings. The van der Waals surface area contributed by atoms with Crippen LogP contribution < -0.4 is 10.6 Å². The Labute approximate surface area is 119 Å². The number of nitrogens with zero attached hydrogens (tertiary/aromatic N) is 1.